The second-order valence-electron chi connectivity index (χ2n) is 11.4. The third kappa shape index (κ3) is 3.32. The Kier molecular flexibility index (Phi) is 4.70. The number of fused-ring (bicyclic) bond motifs is 2. The summed E-state index contributed by atoms with van der Waals surface area (Å²) < 4.78 is 6.20. The second kappa shape index (κ2) is 7.35. The Hall–Kier alpha value is -1.84. The smallest absolute Gasteiger partial charge is 0.410 e. The zero-order valence-electron chi connectivity index (χ0n) is 18.7. The average Bonchev–Trinajstić information content (AvgIpc) is 3.03. The Bertz CT molecular complexity index is 856. The minimum atomic E-state index is -0.0705. The number of rotatable bonds is 3. The van der Waals surface area contributed by atoms with Gasteiger partial charge in [-0.05, 0) is 104 Å². The fraction of sp³-hybridized carbons (Fsp3) is 0.704. The van der Waals surface area contributed by atoms with Crippen LogP contribution in [0.25, 0.3) is 0 Å². The van der Waals surface area contributed by atoms with Gasteiger partial charge < -0.3 is 14.4 Å². The van der Waals surface area contributed by atoms with Gasteiger partial charge in [0.15, 0.2) is 0 Å². The first-order chi connectivity index (χ1) is 15.0. The summed E-state index contributed by atoms with van der Waals surface area (Å²) in [6, 6.07) is 8.70. The summed E-state index contributed by atoms with van der Waals surface area (Å²) in [4.78, 5) is 26.9. The number of hydrogen-bond acceptors (Lipinski definition) is 3. The molecule has 1 saturated heterocycles. The molecule has 6 aliphatic rings. The van der Waals surface area contributed by atoms with E-state index in [1.165, 1.54) is 43.2 Å². The lowest BCUT2D eigenvalue weighted by Crippen LogP contribution is -2.52. The number of ether oxygens (including phenoxy) is 1. The molecule has 4 bridgehead atoms. The Labute approximate surface area is 185 Å². The molecule has 1 heterocycles. The molecule has 1 aliphatic heterocycles. The van der Waals surface area contributed by atoms with Crippen LogP contribution in [-0.2, 0) is 14.9 Å². The van der Waals surface area contributed by atoms with Gasteiger partial charge >= 0.3 is 6.09 Å². The highest BCUT2D eigenvalue weighted by Crippen LogP contribution is 2.55. The van der Waals surface area contributed by atoms with E-state index in [1.54, 1.807) is 6.92 Å². The van der Waals surface area contributed by atoms with E-state index in [1.807, 2.05) is 4.90 Å². The van der Waals surface area contributed by atoms with E-state index in [0.717, 1.165) is 44.2 Å². The minimum absolute atomic E-state index is 0.0705. The number of Topliss-reactive ketones (excluding diaryl/α,β-unsaturated/α-hetero) is 1. The number of amides is 1. The van der Waals surface area contributed by atoms with Crippen molar-refractivity contribution >= 4 is 11.9 Å². The summed E-state index contributed by atoms with van der Waals surface area (Å²) >= 11 is 0. The molecule has 166 valence electrons. The van der Waals surface area contributed by atoms with Gasteiger partial charge in [0.2, 0.25) is 0 Å². The number of likely N-dealkylation sites (tertiary alicyclic amines) is 1. The van der Waals surface area contributed by atoms with Gasteiger partial charge in [-0.15, -0.1) is 0 Å². The van der Waals surface area contributed by atoms with Crippen molar-refractivity contribution in [1.82, 2.24) is 4.90 Å². The lowest BCUT2D eigenvalue weighted by atomic mass is 9.55. The molecule has 7 rings (SSSR count). The van der Waals surface area contributed by atoms with Crippen molar-refractivity contribution in [2.75, 3.05) is 13.1 Å². The van der Waals surface area contributed by atoms with Crippen molar-refractivity contribution < 1.29 is 14.3 Å². The molecule has 31 heavy (non-hydrogen) atoms. The van der Waals surface area contributed by atoms with Gasteiger partial charge in [-0.2, -0.15) is 0 Å². The highest BCUT2D eigenvalue weighted by molar-refractivity contribution is 5.77. The van der Waals surface area contributed by atoms with Crippen molar-refractivity contribution in [2.24, 2.45) is 23.7 Å². The maximum Gasteiger partial charge on any atom is 0.410 e. The van der Waals surface area contributed by atoms with Crippen LogP contribution < -0.4 is 0 Å². The monoisotopic (exact) mass is 421 g/mol. The standard InChI is InChI=1S/C27H35NO3/c1-17(29)10-22-16-27(24-5-3-2-4-23(22)24)6-8-28(9-7-27)26(30)31-25-20-12-18-11-19(14-20)15-21(25)13-18/h2-5,18-22,25H,6-16H2,1H3. The molecule has 0 aromatic heterocycles. The van der Waals surface area contributed by atoms with Crippen LogP contribution in [0.3, 0.4) is 0 Å². The Morgan fingerprint density at radius 1 is 1.00 bits per heavy atom. The van der Waals surface area contributed by atoms with Crippen molar-refractivity contribution in [2.45, 2.75) is 82.1 Å². The second-order valence-corrected chi connectivity index (χ2v) is 11.4. The Morgan fingerprint density at radius 2 is 1.65 bits per heavy atom. The third-order valence-electron chi connectivity index (χ3n) is 9.50. The Balaban J connectivity index is 1.12. The zero-order valence-corrected chi connectivity index (χ0v) is 18.7. The van der Waals surface area contributed by atoms with Crippen LogP contribution in [0.4, 0.5) is 4.79 Å². The maximum atomic E-state index is 13.1. The molecule has 1 aromatic carbocycles. The van der Waals surface area contributed by atoms with Crippen LogP contribution in [0.1, 0.15) is 81.8 Å². The summed E-state index contributed by atoms with van der Waals surface area (Å²) in [6.07, 6.45) is 10.3. The van der Waals surface area contributed by atoms with E-state index in [-0.39, 0.29) is 23.4 Å². The summed E-state index contributed by atoms with van der Waals surface area (Å²) in [7, 11) is 0. The zero-order chi connectivity index (χ0) is 21.2. The van der Waals surface area contributed by atoms with Gasteiger partial charge in [-0.25, -0.2) is 4.79 Å². The van der Waals surface area contributed by atoms with E-state index >= 15 is 0 Å². The molecule has 1 atom stereocenters. The summed E-state index contributed by atoms with van der Waals surface area (Å²) in [6.45, 7) is 3.25. The summed E-state index contributed by atoms with van der Waals surface area (Å²) in [5, 5.41) is 0. The van der Waals surface area contributed by atoms with E-state index < -0.39 is 0 Å². The van der Waals surface area contributed by atoms with E-state index in [2.05, 4.69) is 24.3 Å². The molecule has 1 spiro atoms. The van der Waals surface area contributed by atoms with Gasteiger partial charge in [0.25, 0.3) is 0 Å². The molecule has 1 amide bonds. The quantitative estimate of drug-likeness (QED) is 0.652. The van der Waals surface area contributed by atoms with Crippen LogP contribution in [0.2, 0.25) is 0 Å². The molecule has 4 nitrogen and oxygen atoms in total. The molecule has 1 aromatic rings. The van der Waals surface area contributed by atoms with Gasteiger partial charge in [0.05, 0.1) is 0 Å². The third-order valence-corrected chi connectivity index (χ3v) is 9.50. The number of ketones is 1. The topological polar surface area (TPSA) is 46.6 Å². The number of benzene rings is 1. The van der Waals surface area contributed by atoms with Crippen molar-refractivity contribution in [1.29, 1.82) is 0 Å². The van der Waals surface area contributed by atoms with Crippen molar-refractivity contribution in [3.05, 3.63) is 35.4 Å². The van der Waals surface area contributed by atoms with Crippen LogP contribution in [0, 0.1) is 23.7 Å². The van der Waals surface area contributed by atoms with Crippen molar-refractivity contribution in [3.8, 4) is 0 Å². The predicted molar refractivity (Wildman–Crippen MR) is 119 cm³/mol. The molecule has 5 fully saturated rings. The van der Waals surface area contributed by atoms with Crippen LogP contribution in [0.15, 0.2) is 24.3 Å². The molecule has 4 saturated carbocycles. The van der Waals surface area contributed by atoms with E-state index in [0.29, 0.717) is 24.2 Å². The van der Waals surface area contributed by atoms with Crippen molar-refractivity contribution in [3.63, 3.8) is 0 Å². The van der Waals surface area contributed by atoms with Gasteiger partial charge in [-0.1, -0.05) is 24.3 Å². The number of nitrogens with zero attached hydrogens (tertiary/aromatic N) is 1. The number of carbonyl (C=O) groups is 2. The molecule has 0 radical (unpaired) electrons. The lowest BCUT2D eigenvalue weighted by Gasteiger charge is -2.53. The molecule has 1 unspecified atom stereocenters. The first kappa shape index (κ1) is 19.8. The summed E-state index contributed by atoms with van der Waals surface area (Å²) in [5.41, 5.74) is 2.91. The number of carbonyl (C=O) groups excluding carboxylic acids is 2. The fourth-order valence-electron chi connectivity index (χ4n) is 8.41. The van der Waals surface area contributed by atoms with Gasteiger partial charge in [0, 0.05) is 19.5 Å². The average molecular weight is 422 g/mol. The van der Waals surface area contributed by atoms with Gasteiger partial charge in [-0.3, -0.25) is 0 Å². The largest absolute Gasteiger partial charge is 0.446 e. The minimum Gasteiger partial charge on any atom is -0.446 e. The first-order valence-electron chi connectivity index (χ1n) is 12.6. The van der Waals surface area contributed by atoms with Crippen LogP contribution >= 0.6 is 0 Å². The molecular formula is C27H35NO3. The molecular weight excluding hydrogens is 386 g/mol. The normalized spacial score (nSPS) is 37.1. The van der Waals surface area contributed by atoms with Crippen LogP contribution in [0.5, 0.6) is 0 Å². The predicted octanol–water partition coefficient (Wildman–Crippen LogP) is 5.45. The first-order valence-corrected chi connectivity index (χ1v) is 12.6. The SMILES string of the molecule is CC(=O)CC1CC2(CCN(C(=O)OC3C4CC5CC(C4)CC3C5)CC2)c2ccccc21. The van der Waals surface area contributed by atoms with Gasteiger partial charge in [0.1, 0.15) is 11.9 Å². The van der Waals surface area contributed by atoms with E-state index in [9.17, 15) is 9.59 Å². The van der Waals surface area contributed by atoms with Crippen LogP contribution in [-0.4, -0.2) is 36.0 Å². The lowest BCUT2D eigenvalue weighted by molar-refractivity contribution is -0.117. The van der Waals surface area contributed by atoms with E-state index in [4.69, 9.17) is 4.74 Å². The number of piperidine rings is 1. The maximum absolute atomic E-state index is 13.1. The Morgan fingerprint density at radius 3 is 2.29 bits per heavy atom. The molecule has 5 aliphatic carbocycles. The fourth-order valence-corrected chi connectivity index (χ4v) is 8.41. The molecule has 4 heteroatoms. The summed E-state index contributed by atoms with van der Waals surface area (Å²) in [5.74, 6) is 3.64. The number of hydrogen-bond donors (Lipinski definition) is 0. The molecule has 0 N–H and O–H groups in total. The highest BCUT2D eigenvalue weighted by atomic mass is 16.6. The highest BCUT2D eigenvalue weighted by Gasteiger charge is 2.51.